The zero-order valence-corrected chi connectivity index (χ0v) is 11.0. The van der Waals surface area contributed by atoms with Crippen molar-refractivity contribution in [1.29, 1.82) is 0 Å². The second-order valence-electron chi connectivity index (χ2n) is 3.97. The number of halogens is 2. The van der Waals surface area contributed by atoms with E-state index in [-0.39, 0.29) is 12.1 Å². The molecule has 2 atom stereocenters. The van der Waals surface area contributed by atoms with Gasteiger partial charge >= 0.3 is 0 Å². The van der Waals surface area contributed by atoms with Crippen LogP contribution in [0.5, 0.6) is 0 Å². The molecule has 2 N–H and O–H groups in total. The lowest BCUT2D eigenvalue weighted by Crippen LogP contribution is -2.36. The second-order valence-corrected chi connectivity index (χ2v) is 4.81. The van der Waals surface area contributed by atoms with Gasteiger partial charge in [-0.05, 0) is 44.5 Å². The summed E-state index contributed by atoms with van der Waals surface area (Å²) in [6, 6.07) is 5.60. The van der Waals surface area contributed by atoms with E-state index in [9.17, 15) is 5.11 Å². The van der Waals surface area contributed by atoms with Crippen LogP contribution in [-0.4, -0.2) is 23.8 Å². The fraction of sp³-hybridized carbons (Fsp3) is 0.500. The Morgan fingerprint density at radius 3 is 2.56 bits per heavy atom. The molecule has 0 saturated heterocycles. The number of nitrogens with one attached hydrogen (secondary N) is 1. The van der Waals surface area contributed by atoms with Crippen molar-refractivity contribution in [3.63, 3.8) is 0 Å². The molecule has 0 aliphatic carbocycles. The summed E-state index contributed by atoms with van der Waals surface area (Å²) in [5.74, 6) is 0. The zero-order chi connectivity index (χ0) is 12.1. The first-order valence-corrected chi connectivity index (χ1v) is 6.11. The highest BCUT2D eigenvalue weighted by Crippen LogP contribution is 2.21. The summed E-state index contributed by atoms with van der Waals surface area (Å²) >= 11 is 11.9. The maximum atomic E-state index is 9.30. The Labute approximate surface area is 107 Å². The molecular formula is C12H17Cl2NO. The van der Waals surface area contributed by atoms with E-state index in [2.05, 4.69) is 5.32 Å². The van der Waals surface area contributed by atoms with Crippen molar-refractivity contribution in [2.75, 3.05) is 6.54 Å². The standard InChI is InChI=1S/C12H17Cl2NO/c1-8(9(2)16)15-6-5-10-3-4-11(13)7-12(10)14/h3-4,7-9,15-16H,5-6H2,1-2H3. The number of rotatable bonds is 5. The van der Waals surface area contributed by atoms with Crippen molar-refractivity contribution in [3.05, 3.63) is 33.8 Å². The molecule has 0 aliphatic heterocycles. The lowest BCUT2D eigenvalue weighted by Gasteiger charge is -2.16. The Morgan fingerprint density at radius 2 is 2.00 bits per heavy atom. The maximum absolute atomic E-state index is 9.30. The van der Waals surface area contributed by atoms with Crippen LogP contribution in [0.25, 0.3) is 0 Å². The molecule has 0 amide bonds. The van der Waals surface area contributed by atoms with E-state index in [0.29, 0.717) is 10.0 Å². The molecule has 4 heteroatoms. The van der Waals surface area contributed by atoms with Crippen LogP contribution < -0.4 is 5.32 Å². The van der Waals surface area contributed by atoms with Crippen LogP contribution in [0.15, 0.2) is 18.2 Å². The zero-order valence-electron chi connectivity index (χ0n) is 9.50. The molecule has 0 aromatic heterocycles. The molecule has 1 aromatic rings. The highest BCUT2D eigenvalue weighted by Gasteiger charge is 2.07. The Kier molecular flexibility index (Phi) is 5.56. The average molecular weight is 262 g/mol. The molecular weight excluding hydrogens is 245 g/mol. The lowest BCUT2D eigenvalue weighted by atomic mass is 10.1. The molecule has 0 aliphatic rings. The molecule has 0 saturated carbocycles. The molecule has 1 rings (SSSR count). The van der Waals surface area contributed by atoms with Crippen LogP contribution in [0.4, 0.5) is 0 Å². The lowest BCUT2D eigenvalue weighted by molar-refractivity contribution is 0.153. The van der Waals surface area contributed by atoms with E-state index in [4.69, 9.17) is 23.2 Å². The normalized spacial score (nSPS) is 14.8. The Balaban J connectivity index is 2.43. The van der Waals surface area contributed by atoms with E-state index in [0.717, 1.165) is 18.5 Å². The fourth-order valence-electron chi connectivity index (χ4n) is 1.33. The predicted molar refractivity (Wildman–Crippen MR) is 69.3 cm³/mol. The minimum atomic E-state index is -0.347. The smallest absolute Gasteiger partial charge is 0.0662 e. The van der Waals surface area contributed by atoms with Crippen molar-refractivity contribution in [2.24, 2.45) is 0 Å². The Morgan fingerprint density at radius 1 is 1.31 bits per heavy atom. The first-order valence-electron chi connectivity index (χ1n) is 5.36. The number of aliphatic hydroxyl groups excluding tert-OH is 1. The van der Waals surface area contributed by atoms with Gasteiger partial charge in [0.1, 0.15) is 0 Å². The third-order valence-corrected chi connectivity index (χ3v) is 3.19. The first kappa shape index (κ1) is 13.8. The van der Waals surface area contributed by atoms with Gasteiger partial charge < -0.3 is 10.4 Å². The summed E-state index contributed by atoms with van der Waals surface area (Å²) in [5.41, 5.74) is 1.07. The van der Waals surface area contributed by atoms with E-state index >= 15 is 0 Å². The molecule has 2 unspecified atom stereocenters. The number of aliphatic hydroxyl groups is 1. The minimum absolute atomic E-state index is 0.0890. The molecule has 0 heterocycles. The SMILES string of the molecule is CC(O)C(C)NCCc1ccc(Cl)cc1Cl. The highest BCUT2D eigenvalue weighted by atomic mass is 35.5. The first-order chi connectivity index (χ1) is 7.50. The molecule has 0 bridgehead atoms. The van der Waals surface area contributed by atoms with Gasteiger partial charge in [0.15, 0.2) is 0 Å². The second kappa shape index (κ2) is 6.45. The van der Waals surface area contributed by atoms with Gasteiger partial charge in [-0.25, -0.2) is 0 Å². The van der Waals surface area contributed by atoms with Gasteiger partial charge in [0, 0.05) is 16.1 Å². The summed E-state index contributed by atoms with van der Waals surface area (Å²) < 4.78 is 0. The number of hydrogen-bond donors (Lipinski definition) is 2. The fourth-order valence-corrected chi connectivity index (χ4v) is 1.83. The van der Waals surface area contributed by atoms with Gasteiger partial charge in [-0.1, -0.05) is 29.3 Å². The van der Waals surface area contributed by atoms with E-state index in [1.54, 1.807) is 13.0 Å². The van der Waals surface area contributed by atoms with Crippen molar-refractivity contribution in [2.45, 2.75) is 32.4 Å². The van der Waals surface area contributed by atoms with E-state index < -0.39 is 0 Å². The van der Waals surface area contributed by atoms with Crippen LogP contribution in [0.2, 0.25) is 10.0 Å². The highest BCUT2D eigenvalue weighted by molar-refractivity contribution is 6.35. The third-order valence-electron chi connectivity index (χ3n) is 2.60. The summed E-state index contributed by atoms with van der Waals surface area (Å²) in [6.07, 6.45) is 0.480. The van der Waals surface area contributed by atoms with Gasteiger partial charge in [0.05, 0.1) is 6.10 Å². The summed E-state index contributed by atoms with van der Waals surface area (Å²) in [6.45, 7) is 4.51. The van der Waals surface area contributed by atoms with Crippen LogP contribution in [0.3, 0.4) is 0 Å². The van der Waals surface area contributed by atoms with Crippen LogP contribution in [0.1, 0.15) is 19.4 Å². The van der Waals surface area contributed by atoms with Crippen LogP contribution in [0, 0.1) is 0 Å². The summed E-state index contributed by atoms with van der Waals surface area (Å²) in [4.78, 5) is 0. The molecule has 2 nitrogen and oxygen atoms in total. The molecule has 0 spiro atoms. The van der Waals surface area contributed by atoms with Gasteiger partial charge in [0.25, 0.3) is 0 Å². The molecule has 1 aromatic carbocycles. The van der Waals surface area contributed by atoms with Gasteiger partial charge in [0.2, 0.25) is 0 Å². The average Bonchev–Trinajstić information content (AvgIpc) is 2.20. The summed E-state index contributed by atoms with van der Waals surface area (Å²) in [5, 5.41) is 13.9. The monoisotopic (exact) mass is 261 g/mol. The molecule has 0 radical (unpaired) electrons. The Hall–Kier alpha value is -0.280. The topological polar surface area (TPSA) is 32.3 Å². The van der Waals surface area contributed by atoms with Crippen LogP contribution >= 0.6 is 23.2 Å². The number of hydrogen-bond acceptors (Lipinski definition) is 2. The molecule has 0 fully saturated rings. The van der Waals surface area contributed by atoms with Crippen molar-refractivity contribution in [1.82, 2.24) is 5.32 Å². The van der Waals surface area contributed by atoms with Crippen LogP contribution in [-0.2, 0) is 6.42 Å². The summed E-state index contributed by atoms with van der Waals surface area (Å²) in [7, 11) is 0. The van der Waals surface area contributed by atoms with Crippen molar-refractivity contribution in [3.8, 4) is 0 Å². The Bertz CT molecular complexity index is 342. The molecule has 16 heavy (non-hydrogen) atoms. The third kappa shape index (κ3) is 4.30. The van der Waals surface area contributed by atoms with Gasteiger partial charge in [-0.2, -0.15) is 0 Å². The van der Waals surface area contributed by atoms with Gasteiger partial charge in [-0.3, -0.25) is 0 Å². The number of benzene rings is 1. The quantitative estimate of drug-likeness (QED) is 0.855. The van der Waals surface area contributed by atoms with E-state index in [1.807, 2.05) is 19.1 Å². The maximum Gasteiger partial charge on any atom is 0.0662 e. The van der Waals surface area contributed by atoms with Crippen molar-refractivity contribution >= 4 is 23.2 Å². The predicted octanol–water partition coefficient (Wildman–Crippen LogP) is 2.89. The minimum Gasteiger partial charge on any atom is -0.392 e. The van der Waals surface area contributed by atoms with Crippen molar-refractivity contribution < 1.29 is 5.11 Å². The largest absolute Gasteiger partial charge is 0.392 e. The molecule has 90 valence electrons. The van der Waals surface area contributed by atoms with Gasteiger partial charge in [-0.15, -0.1) is 0 Å². The van der Waals surface area contributed by atoms with E-state index in [1.165, 1.54) is 0 Å².